The second-order valence-electron chi connectivity index (χ2n) is 6.44. The molecule has 0 saturated heterocycles. The lowest BCUT2D eigenvalue weighted by Crippen LogP contribution is -2.38. The van der Waals surface area contributed by atoms with Crippen molar-refractivity contribution in [2.24, 2.45) is 5.92 Å². The molecule has 0 unspecified atom stereocenters. The minimum Gasteiger partial charge on any atom is -0.497 e. The lowest BCUT2D eigenvalue weighted by Gasteiger charge is -2.24. The van der Waals surface area contributed by atoms with Gasteiger partial charge in [0.15, 0.2) is 0 Å². The number of alkyl halides is 3. The maximum Gasteiger partial charge on any atom is 0.401 e. The zero-order valence-electron chi connectivity index (χ0n) is 15.5. The number of ether oxygens (including phenoxy) is 2. The predicted molar refractivity (Wildman–Crippen MR) is 96.3 cm³/mol. The van der Waals surface area contributed by atoms with Crippen molar-refractivity contribution in [1.29, 1.82) is 0 Å². The molecule has 2 aromatic rings. The number of benzene rings is 1. The van der Waals surface area contributed by atoms with E-state index >= 15 is 0 Å². The average molecular weight is 405 g/mol. The van der Waals surface area contributed by atoms with Gasteiger partial charge in [0.1, 0.15) is 11.5 Å². The van der Waals surface area contributed by atoms with E-state index in [1.54, 1.807) is 18.2 Å². The summed E-state index contributed by atoms with van der Waals surface area (Å²) in [6.45, 7) is 2.76. The first-order valence-electron chi connectivity index (χ1n) is 8.21. The van der Waals surface area contributed by atoms with E-state index in [2.05, 4.69) is 5.10 Å². The van der Waals surface area contributed by atoms with Gasteiger partial charge < -0.3 is 13.9 Å². The van der Waals surface area contributed by atoms with E-state index in [-0.39, 0.29) is 29.9 Å². The number of aromatic nitrogens is 2. The summed E-state index contributed by atoms with van der Waals surface area (Å²) in [6.07, 6.45) is -4.32. The first-order valence-corrected chi connectivity index (χ1v) is 8.62. The highest BCUT2D eigenvalue weighted by Crippen LogP contribution is 2.29. The van der Waals surface area contributed by atoms with Crippen molar-refractivity contribution in [3.05, 3.63) is 23.0 Å². The first kappa shape index (κ1) is 21.2. The predicted octanol–water partition coefficient (Wildman–Crippen LogP) is 4.37. The van der Waals surface area contributed by atoms with Gasteiger partial charge in [0.05, 0.1) is 27.4 Å². The van der Waals surface area contributed by atoms with Crippen molar-refractivity contribution in [3.63, 3.8) is 0 Å². The maximum absolute atomic E-state index is 12.8. The molecule has 0 bridgehead atoms. The zero-order chi connectivity index (χ0) is 20.2. The largest absolute Gasteiger partial charge is 0.497 e. The fraction of sp³-hybridized carbons (Fsp3) is 0.529. The molecular formula is C17H22F3N3O3S. The summed E-state index contributed by atoms with van der Waals surface area (Å²) in [7, 11) is 3.02. The molecule has 0 fully saturated rings. The molecule has 2 rings (SSSR count). The summed E-state index contributed by atoms with van der Waals surface area (Å²) >= 11 is 5.13. The van der Waals surface area contributed by atoms with E-state index in [1.807, 2.05) is 13.8 Å². The first-order chi connectivity index (χ1) is 12.6. The van der Waals surface area contributed by atoms with Crippen LogP contribution in [0.5, 0.6) is 11.5 Å². The highest BCUT2D eigenvalue weighted by molar-refractivity contribution is 7.71. The summed E-state index contributed by atoms with van der Waals surface area (Å²) in [5.41, 5.74) is 0.544. The lowest BCUT2D eigenvalue weighted by atomic mass is 10.2. The van der Waals surface area contributed by atoms with Crippen LogP contribution in [0.2, 0.25) is 0 Å². The van der Waals surface area contributed by atoms with Crippen molar-refractivity contribution < 1.29 is 27.1 Å². The van der Waals surface area contributed by atoms with Crippen LogP contribution in [-0.2, 0) is 6.67 Å². The van der Waals surface area contributed by atoms with Crippen molar-refractivity contribution in [2.75, 3.05) is 27.3 Å². The third kappa shape index (κ3) is 6.24. The Morgan fingerprint density at radius 3 is 2.26 bits per heavy atom. The Balaban J connectivity index is 2.31. The van der Waals surface area contributed by atoms with E-state index in [1.165, 1.54) is 23.8 Å². The van der Waals surface area contributed by atoms with Gasteiger partial charge in [-0.1, -0.05) is 13.8 Å². The Morgan fingerprint density at radius 1 is 1.19 bits per heavy atom. The molecule has 0 aliphatic rings. The SMILES string of the molecule is COc1cc(OC)cc(-c2nn(CN(CC(C)C)CC(F)(F)F)c(=S)o2)c1. The molecule has 0 amide bonds. The molecule has 0 radical (unpaired) electrons. The quantitative estimate of drug-likeness (QED) is 0.608. The molecule has 0 atom stereocenters. The van der Waals surface area contributed by atoms with Crippen molar-refractivity contribution >= 4 is 12.2 Å². The van der Waals surface area contributed by atoms with Crippen LogP contribution < -0.4 is 9.47 Å². The van der Waals surface area contributed by atoms with Crippen molar-refractivity contribution in [2.45, 2.75) is 26.7 Å². The normalized spacial score (nSPS) is 12.0. The highest BCUT2D eigenvalue weighted by Gasteiger charge is 2.31. The van der Waals surface area contributed by atoms with Gasteiger partial charge in [-0.05, 0) is 30.3 Å². The van der Waals surface area contributed by atoms with Gasteiger partial charge in [0.25, 0.3) is 4.84 Å². The lowest BCUT2D eigenvalue weighted by molar-refractivity contribution is -0.151. The van der Waals surface area contributed by atoms with E-state index in [0.717, 1.165) is 0 Å². The van der Waals surface area contributed by atoms with Gasteiger partial charge >= 0.3 is 6.18 Å². The standard InChI is InChI=1S/C17H22F3N3O3S/c1-11(2)8-22(9-17(18,19)20)10-23-16(27)26-15(21-23)12-5-13(24-3)7-14(6-12)25-4/h5-7,11H,8-10H2,1-4H3. The topological polar surface area (TPSA) is 52.7 Å². The van der Waals surface area contributed by atoms with E-state index in [9.17, 15) is 13.2 Å². The molecule has 0 N–H and O–H groups in total. The maximum atomic E-state index is 12.8. The number of rotatable bonds is 8. The highest BCUT2D eigenvalue weighted by atomic mass is 32.1. The molecule has 0 saturated carbocycles. The third-order valence-electron chi connectivity index (χ3n) is 3.56. The number of hydrogen-bond acceptors (Lipinski definition) is 6. The van der Waals surface area contributed by atoms with E-state index in [4.69, 9.17) is 26.1 Å². The van der Waals surface area contributed by atoms with Gasteiger partial charge in [0, 0.05) is 18.2 Å². The van der Waals surface area contributed by atoms with E-state index < -0.39 is 12.7 Å². The average Bonchev–Trinajstić information content (AvgIpc) is 2.93. The molecule has 1 aromatic carbocycles. The van der Waals surface area contributed by atoms with Gasteiger partial charge in [-0.15, -0.1) is 5.10 Å². The summed E-state index contributed by atoms with van der Waals surface area (Å²) < 4.78 is 55.7. The van der Waals surface area contributed by atoms with Crippen LogP contribution in [0.1, 0.15) is 13.8 Å². The number of hydrogen-bond donors (Lipinski definition) is 0. The number of methoxy groups -OCH3 is 2. The fourth-order valence-corrected chi connectivity index (χ4v) is 2.75. The monoisotopic (exact) mass is 405 g/mol. The Morgan fingerprint density at radius 2 is 1.78 bits per heavy atom. The Labute approximate surface area is 160 Å². The Bertz CT molecular complexity index is 795. The molecule has 1 heterocycles. The van der Waals surface area contributed by atoms with Gasteiger partial charge in [0.2, 0.25) is 5.89 Å². The van der Waals surface area contributed by atoms with Crippen LogP contribution in [0.4, 0.5) is 13.2 Å². The number of nitrogens with zero attached hydrogens (tertiary/aromatic N) is 3. The van der Waals surface area contributed by atoms with Crippen LogP contribution in [0.25, 0.3) is 11.5 Å². The summed E-state index contributed by atoms with van der Waals surface area (Å²) in [4.78, 5) is 1.22. The molecule has 27 heavy (non-hydrogen) atoms. The van der Waals surface area contributed by atoms with Gasteiger partial charge in [-0.3, -0.25) is 4.90 Å². The second-order valence-corrected chi connectivity index (χ2v) is 6.79. The van der Waals surface area contributed by atoms with Crippen LogP contribution in [-0.4, -0.2) is 48.2 Å². The van der Waals surface area contributed by atoms with Gasteiger partial charge in [-0.25, -0.2) is 4.68 Å². The fourth-order valence-electron chi connectivity index (χ4n) is 2.57. The van der Waals surface area contributed by atoms with Gasteiger partial charge in [-0.2, -0.15) is 13.2 Å². The van der Waals surface area contributed by atoms with Crippen LogP contribution in [0.3, 0.4) is 0 Å². The van der Waals surface area contributed by atoms with Crippen molar-refractivity contribution in [3.8, 4) is 23.0 Å². The van der Waals surface area contributed by atoms with Crippen molar-refractivity contribution in [1.82, 2.24) is 14.7 Å². The molecule has 0 aliphatic heterocycles. The van der Waals surface area contributed by atoms with Crippen LogP contribution in [0, 0.1) is 10.8 Å². The van der Waals surface area contributed by atoms with E-state index in [0.29, 0.717) is 17.1 Å². The number of halogens is 3. The Kier molecular flexibility index (Phi) is 6.88. The minimum atomic E-state index is -4.32. The third-order valence-corrected chi connectivity index (χ3v) is 3.86. The summed E-state index contributed by atoms with van der Waals surface area (Å²) in [5, 5.41) is 4.23. The molecule has 10 heteroatoms. The molecule has 6 nitrogen and oxygen atoms in total. The molecule has 150 valence electrons. The van der Waals surface area contributed by atoms with Crippen LogP contribution in [0.15, 0.2) is 22.6 Å². The zero-order valence-corrected chi connectivity index (χ0v) is 16.4. The minimum absolute atomic E-state index is 0.0114. The molecule has 0 aliphatic carbocycles. The van der Waals surface area contributed by atoms with Crippen LogP contribution >= 0.6 is 12.2 Å². The molecule has 1 aromatic heterocycles. The second kappa shape index (κ2) is 8.75. The Hall–Kier alpha value is -2.07. The summed E-state index contributed by atoms with van der Waals surface area (Å²) in [6, 6.07) is 5.03. The molecular weight excluding hydrogens is 383 g/mol. The summed E-state index contributed by atoms with van der Waals surface area (Å²) in [5.74, 6) is 1.28. The molecule has 0 spiro atoms. The smallest absolute Gasteiger partial charge is 0.401 e.